The zero-order valence-electron chi connectivity index (χ0n) is 9.83. The Balaban J connectivity index is 2.23. The maximum atomic E-state index is 5.66. The highest BCUT2D eigenvalue weighted by atomic mass is 16.5. The fourth-order valence-corrected chi connectivity index (χ4v) is 2.43. The Morgan fingerprint density at radius 3 is 2.38 bits per heavy atom. The first-order chi connectivity index (χ1) is 7.68. The average Bonchev–Trinajstić information content (AvgIpc) is 2.23. The molecule has 2 heteroatoms. The Kier molecular flexibility index (Phi) is 3.01. The summed E-state index contributed by atoms with van der Waals surface area (Å²) in [5.74, 6) is 0. The predicted molar refractivity (Wildman–Crippen MR) is 67.1 cm³/mol. The summed E-state index contributed by atoms with van der Waals surface area (Å²) in [6.45, 7) is 4.56. The van der Waals surface area contributed by atoms with Gasteiger partial charge in [0.05, 0.1) is 6.61 Å². The molecule has 0 aliphatic heterocycles. The van der Waals surface area contributed by atoms with Gasteiger partial charge in [0.15, 0.2) is 0 Å². The van der Waals surface area contributed by atoms with Gasteiger partial charge < -0.3 is 10.5 Å². The van der Waals surface area contributed by atoms with Crippen molar-refractivity contribution in [1.29, 1.82) is 0 Å². The first-order valence-corrected chi connectivity index (χ1v) is 5.72. The maximum Gasteiger partial charge on any atom is 0.0559 e. The molecule has 0 heterocycles. The van der Waals surface area contributed by atoms with Crippen molar-refractivity contribution in [2.45, 2.75) is 24.7 Å². The van der Waals surface area contributed by atoms with Gasteiger partial charge in [0, 0.05) is 18.2 Å². The Labute approximate surface area is 97.1 Å². The van der Waals surface area contributed by atoms with Crippen molar-refractivity contribution in [2.24, 2.45) is 5.73 Å². The van der Waals surface area contributed by atoms with E-state index in [1.54, 1.807) is 7.11 Å². The molecule has 1 aromatic carbocycles. The minimum absolute atomic E-state index is 0.253. The van der Waals surface area contributed by atoms with Crippen LogP contribution in [0.15, 0.2) is 30.8 Å². The summed E-state index contributed by atoms with van der Waals surface area (Å²) < 4.78 is 5.34. The number of hydrogen-bond acceptors (Lipinski definition) is 2. The largest absolute Gasteiger partial charge is 0.399 e. The second-order valence-electron chi connectivity index (χ2n) is 4.67. The number of benzene rings is 1. The SMILES string of the molecule is C=C(N)c1ccc(C2(COC)CCC2)cc1. The molecule has 2 rings (SSSR count). The third-order valence-corrected chi connectivity index (χ3v) is 3.60. The number of hydrogen-bond donors (Lipinski definition) is 1. The molecular weight excluding hydrogens is 198 g/mol. The molecule has 2 N–H and O–H groups in total. The minimum atomic E-state index is 0.253. The lowest BCUT2D eigenvalue weighted by molar-refractivity contribution is 0.0792. The molecule has 86 valence electrons. The maximum absolute atomic E-state index is 5.66. The minimum Gasteiger partial charge on any atom is -0.399 e. The van der Waals surface area contributed by atoms with Gasteiger partial charge in [0.25, 0.3) is 0 Å². The van der Waals surface area contributed by atoms with Crippen molar-refractivity contribution in [3.05, 3.63) is 42.0 Å². The monoisotopic (exact) mass is 217 g/mol. The van der Waals surface area contributed by atoms with Crippen LogP contribution >= 0.6 is 0 Å². The molecule has 0 bridgehead atoms. The molecule has 16 heavy (non-hydrogen) atoms. The van der Waals surface area contributed by atoms with Crippen LogP contribution in [0.1, 0.15) is 30.4 Å². The van der Waals surface area contributed by atoms with Gasteiger partial charge in [-0.15, -0.1) is 0 Å². The summed E-state index contributed by atoms with van der Waals surface area (Å²) in [7, 11) is 1.77. The first-order valence-electron chi connectivity index (χ1n) is 5.72. The van der Waals surface area contributed by atoms with Gasteiger partial charge in [-0.2, -0.15) is 0 Å². The summed E-state index contributed by atoms with van der Waals surface area (Å²) in [5, 5.41) is 0. The van der Waals surface area contributed by atoms with Crippen LogP contribution in [0.4, 0.5) is 0 Å². The molecule has 1 aromatic rings. The van der Waals surface area contributed by atoms with E-state index in [2.05, 4.69) is 18.7 Å². The van der Waals surface area contributed by atoms with Crippen molar-refractivity contribution >= 4 is 5.70 Å². The fourth-order valence-electron chi connectivity index (χ4n) is 2.43. The summed E-state index contributed by atoms with van der Waals surface area (Å²) >= 11 is 0. The Morgan fingerprint density at radius 1 is 1.38 bits per heavy atom. The van der Waals surface area contributed by atoms with E-state index in [0.29, 0.717) is 5.70 Å². The lowest BCUT2D eigenvalue weighted by Gasteiger charge is -2.42. The zero-order valence-corrected chi connectivity index (χ0v) is 9.83. The molecule has 0 atom stereocenters. The van der Waals surface area contributed by atoms with Crippen molar-refractivity contribution in [2.75, 3.05) is 13.7 Å². The fraction of sp³-hybridized carbons (Fsp3) is 0.429. The third kappa shape index (κ3) is 1.85. The van der Waals surface area contributed by atoms with Crippen LogP contribution in [0.3, 0.4) is 0 Å². The lowest BCUT2D eigenvalue weighted by atomic mass is 9.65. The molecule has 2 nitrogen and oxygen atoms in total. The molecule has 1 saturated carbocycles. The number of methoxy groups -OCH3 is 1. The van der Waals surface area contributed by atoms with Crippen molar-refractivity contribution in [1.82, 2.24) is 0 Å². The standard InChI is InChI=1S/C14H19NO/c1-11(15)12-4-6-13(7-5-12)14(10-16-2)8-3-9-14/h4-7H,1,3,8-10,15H2,2H3. The van der Waals surface area contributed by atoms with Gasteiger partial charge in [-0.1, -0.05) is 37.3 Å². The average molecular weight is 217 g/mol. The highest BCUT2D eigenvalue weighted by Gasteiger charge is 2.38. The molecule has 0 spiro atoms. The molecule has 1 fully saturated rings. The van der Waals surface area contributed by atoms with Gasteiger partial charge in [-0.25, -0.2) is 0 Å². The Hall–Kier alpha value is -1.28. The summed E-state index contributed by atoms with van der Waals surface area (Å²) in [6.07, 6.45) is 3.75. The third-order valence-electron chi connectivity index (χ3n) is 3.60. The number of ether oxygens (including phenoxy) is 1. The topological polar surface area (TPSA) is 35.2 Å². The molecule has 0 radical (unpaired) electrons. The number of nitrogens with two attached hydrogens (primary N) is 1. The normalized spacial score (nSPS) is 17.8. The van der Waals surface area contributed by atoms with E-state index in [1.807, 2.05) is 12.1 Å². The molecule has 0 saturated heterocycles. The predicted octanol–water partition coefficient (Wildman–Crippen LogP) is 2.68. The van der Waals surface area contributed by atoms with Gasteiger partial charge in [0.2, 0.25) is 0 Å². The molecule has 1 aliphatic rings. The van der Waals surface area contributed by atoms with Crippen molar-refractivity contribution in [3.63, 3.8) is 0 Å². The van der Waals surface area contributed by atoms with Crippen LogP contribution in [0.25, 0.3) is 5.70 Å². The highest BCUT2D eigenvalue weighted by molar-refractivity contribution is 5.60. The quantitative estimate of drug-likeness (QED) is 0.841. The van der Waals surface area contributed by atoms with Crippen LogP contribution in [0.2, 0.25) is 0 Å². The van der Waals surface area contributed by atoms with E-state index >= 15 is 0 Å². The molecular formula is C14H19NO. The van der Waals surface area contributed by atoms with Gasteiger partial charge in [0.1, 0.15) is 0 Å². The van der Waals surface area contributed by atoms with Crippen LogP contribution in [-0.2, 0) is 10.2 Å². The first kappa shape index (κ1) is 11.2. The summed E-state index contributed by atoms with van der Waals surface area (Å²) in [4.78, 5) is 0. The van der Waals surface area contributed by atoms with Gasteiger partial charge in [-0.05, 0) is 24.0 Å². The highest BCUT2D eigenvalue weighted by Crippen LogP contribution is 2.43. The summed E-state index contributed by atoms with van der Waals surface area (Å²) in [6, 6.07) is 8.41. The van der Waals surface area contributed by atoms with Crippen molar-refractivity contribution < 1.29 is 4.74 Å². The Bertz CT molecular complexity index is 376. The van der Waals surface area contributed by atoms with Crippen LogP contribution in [-0.4, -0.2) is 13.7 Å². The second kappa shape index (κ2) is 4.30. The smallest absolute Gasteiger partial charge is 0.0559 e. The summed E-state index contributed by atoms with van der Waals surface area (Å²) in [5.41, 5.74) is 8.91. The van der Waals surface area contributed by atoms with E-state index < -0.39 is 0 Å². The molecule has 0 unspecified atom stereocenters. The van der Waals surface area contributed by atoms with Gasteiger partial charge in [-0.3, -0.25) is 0 Å². The van der Waals surface area contributed by atoms with Crippen LogP contribution in [0, 0.1) is 0 Å². The van der Waals surface area contributed by atoms with Crippen LogP contribution < -0.4 is 5.73 Å². The van der Waals surface area contributed by atoms with Crippen LogP contribution in [0.5, 0.6) is 0 Å². The second-order valence-corrected chi connectivity index (χ2v) is 4.67. The van der Waals surface area contributed by atoms with E-state index in [1.165, 1.54) is 24.8 Å². The zero-order chi connectivity index (χ0) is 11.6. The van der Waals surface area contributed by atoms with Gasteiger partial charge >= 0.3 is 0 Å². The lowest BCUT2D eigenvalue weighted by Crippen LogP contribution is -2.38. The van der Waals surface area contributed by atoms with E-state index in [0.717, 1.165) is 12.2 Å². The van der Waals surface area contributed by atoms with E-state index in [4.69, 9.17) is 10.5 Å². The molecule has 0 amide bonds. The number of rotatable bonds is 4. The molecule has 1 aliphatic carbocycles. The van der Waals surface area contributed by atoms with E-state index in [-0.39, 0.29) is 5.41 Å². The molecule has 0 aromatic heterocycles. The van der Waals surface area contributed by atoms with E-state index in [9.17, 15) is 0 Å². The van der Waals surface area contributed by atoms with Crippen molar-refractivity contribution in [3.8, 4) is 0 Å². The Morgan fingerprint density at radius 2 is 2.00 bits per heavy atom.